The highest BCUT2D eigenvalue weighted by Crippen LogP contribution is 2.51. The van der Waals surface area contributed by atoms with Gasteiger partial charge in [-0.05, 0) is 35.8 Å². The molecule has 1 saturated heterocycles. The Kier molecular flexibility index (Phi) is 3.48. The molecule has 26 heavy (non-hydrogen) atoms. The minimum atomic E-state index is -0.129. The summed E-state index contributed by atoms with van der Waals surface area (Å²) in [6.07, 6.45) is 4.70. The Morgan fingerprint density at radius 2 is 2.04 bits per heavy atom. The van der Waals surface area contributed by atoms with Crippen molar-refractivity contribution in [3.63, 3.8) is 0 Å². The van der Waals surface area contributed by atoms with Crippen LogP contribution in [0.2, 0.25) is 0 Å². The first-order valence-corrected chi connectivity index (χ1v) is 9.09. The lowest BCUT2D eigenvalue weighted by Gasteiger charge is -2.42. The maximum Gasteiger partial charge on any atom is 0.176 e. The molecule has 2 aliphatic rings. The van der Waals surface area contributed by atoms with E-state index in [1.54, 1.807) is 6.20 Å². The molecule has 1 atom stereocenters. The van der Waals surface area contributed by atoms with Crippen molar-refractivity contribution >= 4 is 17.0 Å². The Balaban J connectivity index is 1.41. The van der Waals surface area contributed by atoms with Crippen LogP contribution in [0.3, 0.4) is 0 Å². The van der Waals surface area contributed by atoms with E-state index in [4.69, 9.17) is 5.73 Å². The Hall–Kier alpha value is -2.51. The number of aliphatic hydroxyl groups excluding tert-OH is 1. The molecule has 3 aromatic rings. The molecule has 0 saturated carbocycles. The van der Waals surface area contributed by atoms with Gasteiger partial charge in [-0.1, -0.05) is 24.3 Å². The Morgan fingerprint density at radius 1 is 1.23 bits per heavy atom. The number of nitrogens with two attached hydrogens (primary N) is 1. The molecule has 1 spiro atoms. The lowest BCUT2D eigenvalue weighted by molar-refractivity contribution is 0.187. The summed E-state index contributed by atoms with van der Waals surface area (Å²) in [4.78, 5) is 11.4. The molecule has 1 aromatic carbocycles. The van der Waals surface area contributed by atoms with E-state index in [1.165, 1.54) is 11.1 Å². The van der Waals surface area contributed by atoms with Crippen molar-refractivity contribution in [3.8, 4) is 0 Å². The Bertz CT molecular complexity index is 960. The van der Waals surface area contributed by atoms with Gasteiger partial charge in [0.15, 0.2) is 11.5 Å². The van der Waals surface area contributed by atoms with Crippen LogP contribution < -0.4 is 10.6 Å². The number of hydrogen-bond donors (Lipinski definition) is 3. The number of nitrogens with one attached hydrogen (secondary N) is 1. The number of aliphatic hydroxyl groups is 1. The molecule has 3 heterocycles. The molecule has 1 fully saturated rings. The number of hydrogen-bond acceptors (Lipinski definition) is 6. The van der Waals surface area contributed by atoms with E-state index in [1.807, 2.05) is 0 Å². The number of benzene rings is 1. The van der Waals surface area contributed by atoms with Crippen molar-refractivity contribution in [2.24, 2.45) is 11.1 Å². The minimum absolute atomic E-state index is 0.0966. The second kappa shape index (κ2) is 5.75. The van der Waals surface area contributed by atoms with Crippen molar-refractivity contribution < 1.29 is 5.11 Å². The topological polar surface area (TPSA) is 104 Å². The lowest BCUT2D eigenvalue weighted by Crippen LogP contribution is -2.45. The molecule has 0 unspecified atom stereocenters. The van der Waals surface area contributed by atoms with Crippen LogP contribution >= 0.6 is 0 Å². The standard InChI is InChI=1S/C19H22N6O/c20-16-13-4-2-1-3-12(13)9-19(16)5-7-25(8-6-19)18-15(11-26)22-14-10-21-24-17(14)23-18/h1-4,10,16,26H,5-9,11,20H2,(H,21,23,24)/t16-/m1/s1. The molecule has 5 rings (SSSR count). The molecule has 0 radical (unpaired) electrons. The summed E-state index contributed by atoms with van der Waals surface area (Å²) in [7, 11) is 0. The third-order valence-electron chi connectivity index (χ3n) is 6.13. The molecule has 0 amide bonds. The normalized spacial score (nSPS) is 21.5. The van der Waals surface area contributed by atoms with Crippen LogP contribution in [0, 0.1) is 5.41 Å². The van der Waals surface area contributed by atoms with Gasteiger partial charge in [-0.25, -0.2) is 9.97 Å². The first-order valence-electron chi connectivity index (χ1n) is 9.09. The first-order chi connectivity index (χ1) is 12.7. The van der Waals surface area contributed by atoms with Crippen molar-refractivity contribution in [1.82, 2.24) is 20.2 Å². The van der Waals surface area contributed by atoms with Gasteiger partial charge >= 0.3 is 0 Å². The predicted molar refractivity (Wildman–Crippen MR) is 98.6 cm³/mol. The molecule has 7 nitrogen and oxygen atoms in total. The maximum absolute atomic E-state index is 9.73. The van der Waals surface area contributed by atoms with Gasteiger partial charge in [0, 0.05) is 19.1 Å². The number of aromatic nitrogens is 4. The van der Waals surface area contributed by atoms with Gasteiger partial charge < -0.3 is 15.7 Å². The van der Waals surface area contributed by atoms with E-state index >= 15 is 0 Å². The zero-order valence-electron chi connectivity index (χ0n) is 14.5. The van der Waals surface area contributed by atoms with Crippen LogP contribution in [0.4, 0.5) is 5.82 Å². The largest absolute Gasteiger partial charge is 0.390 e. The number of nitrogens with zero attached hydrogens (tertiary/aromatic N) is 4. The maximum atomic E-state index is 9.73. The van der Waals surface area contributed by atoms with E-state index in [-0.39, 0.29) is 18.1 Å². The summed E-state index contributed by atoms with van der Waals surface area (Å²) >= 11 is 0. The van der Waals surface area contributed by atoms with Gasteiger partial charge in [-0.3, -0.25) is 5.10 Å². The fraction of sp³-hybridized carbons (Fsp3) is 0.421. The molecule has 7 heteroatoms. The van der Waals surface area contributed by atoms with Crippen LogP contribution in [0.5, 0.6) is 0 Å². The first kappa shape index (κ1) is 15.7. The third-order valence-corrected chi connectivity index (χ3v) is 6.13. The van der Waals surface area contributed by atoms with E-state index in [0.717, 1.165) is 38.2 Å². The summed E-state index contributed by atoms with van der Waals surface area (Å²) in [5.41, 5.74) is 11.4. The van der Waals surface area contributed by atoms with E-state index in [2.05, 4.69) is 49.3 Å². The van der Waals surface area contributed by atoms with Gasteiger partial charge in [-0.15, -0.1) is 0 Å². The van der Waals surface area contributed by atoms with Gasteiger partial charge in [0.1, 0.15) is 11.2 Å². The van der Waals surface area contributed by atoms with Crippen LogP contribution in [-0.2, 0) is 13.0 Å². The lowest BCUT2D eigenvalue weighted by atomic mass is 9.73. The van der Waals surface area contributed by atoms with Gasteiger partial charge in [0.25, 0.3) is 0 Å². The second-order valence-electron chi connectivity index (χ2n) is 7.46. The minimum Gasteiger partial charge on any atom is -0.390 e. The van der Waals surface area contributed by atoms with E-state index in [9.17, 15) is 5.11 Å². The summed E-state index contributed by atoms with van der Waals surface area (Å²) < 4.78 is 0. The van der Waals surface area contributed by atoms with Crippen molar-refractivity contribution in [2.75, 3.05) is 18.0 Å². The van der Waals surface area contributed by atoms with Crippen LogP contribution in [-0.4, -0.2) is 38.4 Å². The molecule has 1 aliphatic heterocycles. The smallest absolute Gasteiger partial charge is 0.176 e. The van der Waals surface area contributed by atoms with Gasteiger partial charge in [0.05, 0.1) is 12.8 Å². The number of piperidine rings is 1. The molecular weight excluding hydrogens is 328 g/mol. The Labute approximate surface area is 151 Å². The van der Waals surface area contributed by atoms with Crippen molar-refractivity contribution in [1.29, 1.82) is 0 Å². The summed E-state index contributed by atoms with van der Waals surface area (Å²) in [6.45, 7) is 1.60. The van der Waals surface area contributed by atoms with E-state index in [0.29, 0.717) is 16.9 Å². The number of aromatic amines is 1. The molecule has 4 N–H and O–H groups in total. The Morgan fingerprint density at radius 3 is 2.81 bits per heavy atom. The van der Waals surface area contributed by atoms with Crippen LogP contribution in [0.1, 0.15) is 35.7 Å². The van der Waals surface area contributed by atoms with Gasteiger partial charge in [0.2, 0.25) is 0 Å². The number of H-pyrrole nitrogens is 1. The average molecular weight is 350 g/mol. The molecule has 134 valence electrons. The average Bonchev–Trinajstić information content (AvgIpc) is 3.24. The van der Waals surface area contributed by atoms with Gasteiger partial charge in [-0.2, -0.15) is 5.10 Å². The molecule has 0 bridgehead atoms. The second-order valence-corrected chi connectivity index (χ2v) is 7.46. The molecular formula is C19H22N6O. The number of rotatable bonds is 2. The fourth-order valence-electron chi connectivity index (χ4n) is 4.63. The van der Waals surface area contributed by atoms with Crippen molar-refractivity contribution in [3.05, 3.63) is 47.3 Å². The number of fused-ring (bicyclic) bond motifs is 2. The summed E-state index contributed by atoms with van der Waals surface area (Å²) in [5.74, 6) is 0.753. The molecule has 1 aliphatic carbocycles. The zero-order chi connectivity index (χ0) is 17.7. The fourth-order valence-corrected chi connectivity index (χ4v) is 4.63. The monoisotopic (exact) mass is 350 g/mol. The highest BCUT2D eigenvalue weighted by Gasteiger charge is 2.46. The van der Waals surface area contributed by atoms with Crippen LogP contribution in [0.15, 0.2) is 30.5 Å². The van der Waals surface area contributed by atoms with Crippen LogP contribution in [0.25, 0.3) is 11.2 Å². The highest BCUT2D eigenvalue weighted by molar-refractivity contribution is 5.71. The quantitative estimate of drug-likeness (QED) is 0.650. The molecule has 2 aromatic heterocycles. The number of anilines is 1. The third kappa shape index (κ3) is 2.24. The zero-order valence-corrected chi connectivity index (χ0v) is 14.5. The summed E-state index contributed by atoms with van der Waals surface area (Å²) in [6, 6.07) is 8.65. The SMILES string of the molecule is N[C@@H]1c2ccccc2CC12CCN(c1nc3[nH]ncc3nc1CO)CC2. The highest BCUT2D eigenvalue weighted by atomic mass is 16.3. The van der Waals surface area contributed by atoms with E-state index < -0.39 is 0 Å². The summed E-state index contributed by atoms with van der Waals surface area (Å²) in [5, 5.41) is 16.6. The van der Waals surface area contributed by atoms with Crippen molar-refractivity contribution in [2.45, 2.75) is 31.9 Å². The predicted octanol–water partition coefficient (Wildman–Crippen LogP) is 1.69.